The van der Waals surface area contributed by atoms with Gasteiger partial charge in [-0.3, -0.25) is 9.48 Å². The van der Waals surface area contributed by atoms with Gasteiger partial charge in [-0.25, -0.2) is 0 Å². The molecule has 0 saturated carbocycles. The monoisotopic (exact) mass is 321 g/mol. The van der Waals surface area contributed by atoms with Gasteiger partial charge in [0.1, 0.15) is 5.75 Å². The van der Waals surface area contributed by atoms with Crippen LogP contribution in [0.5, 0.6) is 5.75 Å². The number of hydrogen-bond acceptors (Lipinski definition) is 3. The van der Waals surface area contributed by atoms with E-state index < -0.39 is 0 Å². The molecule has 2 aromatic rings. The minimum atomic E-state index is -0.0902. The van der Waals surface area contributed by atoms with E-state index in [0.717, 1.165) is 17.0 Å². The highest BCUT2D eigenvalue weighted by molar-refractivity contribution is 6.31. The number of hydrogen-bond donors (Lipinski definition) is 1. The second-order valence-corrected chi connectivity index (χ2v) is 5.66. The Morgan fingerprint density at radius 2 is 2.05 bits per heavy atom. The molecule has 5 nitrogen and oxygen atoms in total. The van der Waals surface area contributed by atoms with E-state index in [-0.39, 0.29) is 5.91 Å². The van der Waals surface area contributed by atoms with Crippen LogP contribution in [0.3, 0.4) is 0 Å². The van der Waals surface area contributed by atoms with Crippen molar-refractivity contribution in [3.8, 4) is 5.75 Å². The summed E-state index contributed by atoms with van der Waals surface area (Å²) in [7, 11) is 1.55. The molecule has 0 saturated heterocycles. The van der Waals surface area contributed by atoms with E-state index in [4.69, 9.17) is 16.3 Å². The second-order valence-electron chi connectivity index (χ2n) is 5.25. The van der Waals surface area contributed by atoms with Gasteiger partial charge in [0.15, 0.2) is 0 Å². The fourth-order valence-corrected chi connectivity index (χ4v) is 2.40. The first-order valence-corrected chi connectivity index (χ1v) is 7.43. The third-order valence-electron chi connectivity index (χ3n) is 3.41. The Kier molecular flexibility index (Phi) is 5.08. The summed E-state index contributed by atoms with van der Waals surface area (Å²) in [6.45, 7) is 6.34. The largest absolute Gasteiger partial charge is 0.495 e. The predicted octanol–water partition coefficient (Wildman–Crippen LogP) is 3.50. The predicted molar refractivity (Wildman–Crippen MR) is 87.7 cm³/mol. The zero-order valence-corrected chi connectivity index (χ0v) is 14.0. The highest BCUT2D eigenvalue weighted by atomic mass is 35.5. The zero-order valence-electron chi connectivity index (χ0n) is 13.2. The molecule has 1 aromatic heterocycles. The molecule has 0 fully saturated rings. The minimum Gasteiger partial charge on any atom is -0.495 e. The molecule has 1 heterocycles. The first-order valence-electron chi connectivity index (χ1n) is 7.05. The van der Waals surface area contributed by atoms with Crippen molar-refractivity contribution in [2.75, 3.05) is 12.4 Å². The number of carbonyl (C=O) groups excluding carboxylic acids is 1. The van der Waals surface area contributed by atoms with E-state index in [1.165, 1.54) is 0 Å². The van der Waals surface area contributed by atoms with E-state index in [2.05, 4.69) is 10.4 Å². The van der Waals surface area contributed by atoms with Gasteiger partial charge in [0.25, 0.3) is 0 Å². The van der Waals surface area contributed by atoms with E-state index in [9.17, 15) is 4.79 Å². The molecule has 0 aliphatic carbocycles. The molecule has 0 radical (unpaired) electrons. The molecule has 22 heavy (non-hydrogen) atoms. The van der Waals surface area contributed by atoms with Crippen molar-refractivity contribution in [3.63, 3.8) is 0 Å². The van der Waals surface area contributed by atoms with Crippen molar-refractivity contribution < 1.29 is 9.53 Å². The van der Waals surface area contributed by atoms with Gasteiger partial charge in [-0.15, -0.1) is 0 Å². The highest BCUT2D eigenvalue weighted by Gasteiger charge is 2.11. The van der Waals surface area contributed by atoms with E-state index in [0.29, 0.717) is 29.4 Å². The lowest BCUT2D eigenvalue weighted by Gasteiger charge is -2.12. The third-order valence-corrected chi connectivity index (χ3v) is 3.82. The molecule has 2 rings (SSSR count). The molecule has 0 aliphatic heterocycles. The van der Waals surface area contributed by atoms with Crippen molar-refractivity contribution in [1.29, 1.82) is 0 Å². The van der Waals surface area contributed by atoms with Crippen LogP contribution in [0.4, 0.5) is 5.69 Å². The second kappa shape index (κ2) is 6.83. The Labute approximate surface area is 135 Å². The van der Waals surface area contributed by atoms with Gasteiger partial charge in [0.05, 0.1) is 18.5 Å². The fraction of sp³-hybridized carbons (Fsp3) is 0.375. The fourth-order valence-electron chi connectivity index (χ4n) is 2.25. The zero-order chi connectivity index (χ0) is 16.3. The van der Waals surface area contributed by atoms with Crippen LogP contribution >= 0.6 is 11.6 Å². The van der Waals surface area contributed by atoms with Crippen LogP contribution < -0.4 is 10.1 Å². The number of aromatic nitrogens is 2. The number of anilines is 1. The Bertz CT molecular complexity index is 695. The van der Waals surface area contributed by atoms with Crippen LogP contribution in [-0.4, -0.2) is 22.8 Å². The average molecular weight is 322 g/mol. The van der Waals surface area contributed by atoms with Crippen molar-refractivity contribution in [2.24, 2.45) is 0 Å². The van der Waals surface area contributed by atoms with Crippen LogP contribution in [0.25, 0.3) is 0 Å². The van der Waals surface area contributed by atoms with Gasteiger partial charge in [-0.2, -0.15) is 5.10 Å². The van der Waals surface area contributed by atoms with Crippen LogP contribution in [0.1, 0.15) is 23.4 Å². The number of carbonyl (C=O) groups is 1. The summed E-state index contributed by atoms with van der Waals surface area (Å²) >= 11 is 6.06. The molecular weight excluding hydrogens is 302 g/mol. The first kappa shape index (κ1) is 16.4. The number of nitrogens with zero attached hydrogens (tertiary/aromatic N) is 2. The topological polar surface area (TPSA) is 56.1 Å². The van der Waals surface area contributed by atoms with Crippen molar-refractivity contribution in [3.05, 3.63) is 40.2 Å². The number of aryl methyl sites for hydroxylation is 4. The Balaban J connectivity index is 2.03. The smallest absolute Gasteiger partial charge is 0.226 e. The van der Waals surface area contributed by atoms with E-state index >= 15 is 0 Å². The van der Waals surface area contributed by atoms with Crippen molar-refractivity contribution in [1.82, 2.24) is 9.78 Å². The summed E-state index contributed by atoms with van der Waals surface area (Å²) < 4.78 is 7.08. The summed E-state index contributed by atoms with van der Waals surface area (Å²) in [5.74, 6) is 0.461. The first-order chi connectivity index (χ1) is 10.4. The normalized spacial score (nSPS) is 10.6. The van der Waals surface area contributed by atoms with Gasteiger partial charge >= 0.3 is 0 Å². The Hall–Kier alpha value is -2.01. The molecule has 0 spiro atoms. The van der Waals surface area contributed by atoms with Crippen LogP contribution in [0.2, 0.25) is 5.02 Å². The van der Waals surface area contributed by atoms with Crippen LogP contribution in [-0.2, 0) is 11.3 Å². The summed E-state index contributed by atoms with van der Waals surface area (Å²) in [6, 6.07) is 5.50. The lowest BCUT2D eigenvalue weighted by atomic mass is 10.2. The molecule has 1 aromatic carbocycles. The van der Waals surface area contributed by atoms with E-state index in [1.54, 1.807) is 13.2 Å². The maximum Gasteiger partial charge on any atom is 0.226 e. The van der Waals surface area contributed by atoms with Crippen LogP contribution in [0.15, 0.2) is 18.2 Å². The SMILES string of the molecule is COc1cc(Cl)c(C)cc1NC(=O)CCn1nc(C)cc1C. The van der Waals surface area contributed by atoms with Gasteiger partial charge in [0, 0.05) is 29.7 Å². The van der Waals surface area contributed by atoms with Gasteiger partial charge in [-0.1, -0.05) is 11.6 Å². The highest BCUT2D eigenvalue weighted by Crippen LogP contribution is 2.30. The number of ether oxygens (including phenoxy) is 1. The summed E-state index contributed by atoms with van der Waals surface area (Å²) in [6.07, 6.45) is 0.340. The summed E-state index contributed by atoms with van der Waals surface area (Å²) in [4.78, 5) is 12.1. The van der Waals surface area contributed by atoms with Crippen LogP contribution in [0, 0.1) is 20.8 Å². The average Bonchev–Trinajstić information content (AvgIpc) is 2.78. The van der Waals surface area contributed by atoms with E-state index in [1.807, 2.05) is 37.6 Å². The Morgan fingerprint density at radius 1 is 1.32 bits per heavy atom. The van der Waals surface area contributed by atoms with Gasteiger partial charge < -0.3 is 10.1 Å². The number of nitrogens with one attached hydrogen (secondary N) is 1. The molecule has 0 unspecified atom stereocenters. The number of benzene rings is 1. The number of halogens is 1. The van der Waals surface area contributed by atoms with Gasteiger partial charge in [-0.05, 0) is 38.5 Å². The quantitative estimate of drug-likeness (QED) is 0.917. The molecule has 0 aliphatic rings. The number of methoxy groups -OCH3 is 1. The maximum atomic E-state index is 12.1. The lowest BCUT2D eigenvalue weighted by molar-refractivity contribution is -0.116. The van der Waals surface area contributed by atoms with Crippen molar-refractivity contribution >= 4 is 23.2 Å². The van der Waals surface area contributed by atoms with Crippen molar-refractivity contribution in [2.45, 2.75) is 33.7 Å². The molecule has 118 valence electrons. The molecule has 1 amide bonds. The van der Waals surface area contributed by atoms with Gasteiger partial charge in [0.2, 0.25) is 5.91 Å². The lowest BCUT2D eigenvalue weighted by Crippen LogP contribution is -2.16. The molecule has 0 bridgehead atoms. The Morgan fingerprint density at radius 3 is 2.64 bits per heavy atom. The molecular formula is C16H20ClN3O2. The molecule has 1 N–H and O–H groups in total. The number of rotatable bonds is 5. The third kappa shape index (κ3) is 3.80. The maximum absolute atomic E-state index is 12.1. The molecule has 6 heteroatoms. The molecule has 0 atom stereocenters. The minimum absolute atomic E-state index is 0.0902. The summed E-state index contributed by atoms with van der Waals surface area (Å²) in [5, 5.41) is 7.81. The summed E-state index contributed by atoms with van der Waals surface area (Å²) in [5.41, 5.74) is 3.51. The number of amides is 1. The standard InChI is InChI=1S/C16H20ClN3O2/c1-10-7-14(15(22-4)9-13(10)17)18-16(21)5-6-20-12(3)8-11(2)19-20/h7-9H,5-6H2,1-4H3,(H,18,21).